The number of rotatable bonds is 0. The zero-order chi connectivity index (χ0) is 7.84. The highest BCUT2D eigenvalue weighted by atomic mass is 32.1. The third-order valence-corrected chi connectivity index (χ3v) is 2.80. The molecule has 0 saturated heterocycles. The number of carbonyl (C=O) groups is 1. The molecule has 1 aliphatic heterocycles. The monoisotopic (exact) mass is 167 g/mol. The van der Waals surface area contributed by atoms with Gasteiger partial charge in [0.2, 0.25) is 0 Å². The minimum Gasteiger partial charge on any atom is -0.376 e. The number of hydrogen-bond donors (Lipinski definition) is 1. The Morgan fingerprint density at radius 2 is 2.45 bits per heavy atom. The zero-order valence-corrected chi connectivity index (χ0v) is 7.12. The van der Waals surface area contributed by atoms with Crippen molar-refractivity contribution in [3.05, 3.63) is 16.5 Å². The van der Waals surface area contributed by atoms with E-state index in [1.165, 1.54) is 4.88 Å². The lowest BCUT2D eigenvalue weighted by atomic mass is 10.1. The molecule has 2 heterocycles. The first-order valence-electron chi connectivity index (χ1n) is 3.65. The van der Waals surface area contributed by atoms with Crippen molar-refractivity contribution in [2.45, 2.75) is 13.3 Å². The van der Waals surface area contributed by atoms with Gasteiger partial charge in [-0.2, -0.15) is 0 Å². The van der Waals surface area contributed by atoms with Crippen molar-refractivity contribution in [1.29, 1.82) is 0 Å². The molecule has 2 nitrogen and oxygen atoms in total. The van der Waals surface area contributed by atoms with E-state index < -0.39 is 0 Å². The van der Waals surface area contributed by atoms with Gasteiger partial charge in [-0.15, -0.1) is 11.3 Å². The Bertz CT molecular complexity index is 303. The molecule has 58 valence electrons. The van der Waals surface area contributed by atoms with Crippen molar-refractivity contribution < 1.29 is 4.79 Å². The van der Waals surface area contributed by atoms with Crippen LogP contribution in [0.4, 0.5) is 5.00 Å². The highest BCUT2D eigenvalue weighted by Crippen LogP contribution is 2.30. The number of aryl methyl sites for hydroxylation is 1. The van der Waals surface area contributed by atoms with E-state index in [1.54, 1.807) is 11.3 Å². The number of nitrogens with one attached hydrogen (secondary N) is 1. The van der Waals surface area contributed by atoms with Crippen LogP contribution in [0.1, 0.15) is 21.7 Å². The molecule has 1 aliphatic rings. The first-order chi connectivity index (χ1) is 5.27. The maximum Gasteiger partial charge on any atom is 0.167 e. The van der Waals surface area contributed by atoms with Crippen LogP contribution >= 0.6 is 11.3 Å². The molecular weight excluding hydrogens is 158 g/mol. The Hall–Kier alpha value is -0.830. The molecule has 0 saturated carbocycles. The minimum absolute atomic E-state index is 0.281. The van der Waals surface area contributed by atoms with Gasteiger partial charge in [0.05, 0.1) is 10.6 Å². The van der Waals surface area contributed by atoms with E-state index in [1.807, 2.05) is 13.0 Å². The molecule has 0 spiro atoms. The molecule has 1 aromatic rings. The molecule has 0 radical (unpaired) electrons. The van der Waals surface area contributed by atoms with Crippen LogP contribution in [0.15, 0.2) is 6.07 Å². The summed E-state index contributed by atoms with van der Waals surface area (Å²) in [6, 6.07) is 1.97. The Kier molecular flexibility index (Phi) is 1.46. The SMILES string of the molecule is Cc1cc2c(s1)NCCC2=O. The maximum atomic E-state index is 11.3. The fraction of sp³-hybridized carbons (Fsp3) is 0.375. The number of hydrogen-bond acceptors (Lipinski definition) is 3. The fourth-order valence-corrected chi connectivity index (χ4v) is 2.23. The van der Waals surface area contributed by atoms with Crippen molar-refractivity contribution >= 4 is 22.1 Å². The Labute approximate surface area is 69.2 Å². The van der Waals surface area contributed by atoms with E-state index in [-0.39, 0.29) is 5.78 Å². The van der Waals surface area contributed by atoms with E-state index in [9.17, 15) is 4.79 Å². The number of ketones is 1. The normalized spacial score (nSPS) is 15.9. The van der Waals surface area contributed by atoms with Gasteiger partial charge >= 0.3 is 0 Å². The summed E-state index contributed by atoms with van der Waals surface area (Å²) in [4.78, 5) is 12.5. The van der Waals surface area contributed by atoms with Crippen molar-refractivity contribution in [1.82, 2.24) is 0 Å². The standard InChI is InChI=1S/C8H9NOS/c1-5-4-6-7(10)2-3-9-8(6)11-5/h4,9H,2-3H2,1H3. The van der Waals surface area contributed by atoms with Crippen molar-refractivity contribution in [2.24, 2.45) is 0 Å². The first-order valence-corrected chi connectivity index (χ1v) is 4.46. The van der Waals surface area contributed by atoms with Gasteiger partial charge in [0.25, 0.3) is 0 Å². The molecule has 11 heavy (non-hydrogen) atoms. The Balaban J connectivity index is 2.52. The highest BCUT2D eigenvalue weighted by molar-refractivity contribution is 7.16. The van der Waals surface area contributed by atoms with Crippen LogP contribution in [0.25, 0.3) is 0 Å². The van der Waals surface area contributed by atoms with Gasteiger partial charge in [0.1, 0.15) is 0 Å². The lowest BCUT2D eigenvalue weighted by Gasteiger charge is -2.10. The van der Waals surface area contributed by atoms with E-state index in [2.05, 4.69) is 5.32 Å². The summed E-state index contributed by atoms with van der Waals surface area (Å²) in [5.41, 5.74) is 0.888. The van der Waals surface area contributed by atoms with E-state index in [0.717, 1.165) is 17.1 Å². The summed E-state index contributed by atoms with van der Waals surface area (Å²) in [6.07, 6.45) is 0.642. The highest BCUT2D eigenvalue weighted by Gasteiger charge is 2.18. The molecule has 0 amide bonds. The predicted molar refractivity (Wildman–Crippen MR) is 46.5 cm³/mol. The quantitative estimate of drug-likeness (QED) is 0.640. The first kappa shape index (κ1) is 6.85. The van der Waals surface area contributed by atoms with Gasteiger partial charge in [0, 0.05) is 17.8 Å². The molecule has 0 fully saturated rings. The number of Topliss-reactive ketones (excluding diaryl/α,β-unsaturated/α-hetero) is 1. The van der Waals surface area contributed by atoms with Crippen molar-refractivity contribution in [3.63, 3.8) is 0 Å². The summed E-state index contributed by atoms with van der Waals surface area (Å²) in [5.74, 6) is 0.281. The summed E-state index contributed by atoms with van der Waals surface area (Å²) < 4.78 is 0. The van der Waals surface area contributed by atoms with E-state index in [4.69, 9.17) is 0 Å². The lowest BCUT2D eigenvalue weighted by molar-refractivity contribution is 0.0984. The second-order valence-corrected chi connectivity index (χ2v) is 3.96. The number of thiophene rings is 1. The topological polar surface area (TPSA) is 29.1 Å². The Morgan fingerprint density at radius 1 is 1.64 bits per heavy atom. The van der Waals surface area contributed by atoms with Gasteiger partial charge in [-0.05, 0) is 13.0 Å². The molecule has 1 aromatic heterocycles. The third kappa shape index (κ3) is 1.05. The smallest absolute Gasteiger partial charge is 0.167 e. The Morgan fingerprint density at radius 3 is 3.18 bits per heavy atom. The lowest BCUT2D eigenvalue weighted by Crippen LogP contribution is -2.15. The average Bonchev–Trinajstić information content (AvgIpc) is 2.31. The second-order valence-electron chi connectivity index (χ2n) is 2.70. The second kappa shape index (κ2) is 2.34. The van der Waals surface area contributed by atoms with Crippen LogP contribution < -0.4 is 5.32 Å². The number of fused-ring (bicyclic) bond motifs is 1. The molecule has 0 atom stereocenters. The largest absolute Gasteiger partial charge is 0.376 e. The van der Waals surface area contributed by atoms with Crippen molar-refractivity contribution in [2.75, 3.05) is 11.9 Å². The molecule has 2 rings (SSSR count). The molecule has 1 N–H and O–H groups in total. The average molecular weight is 167 g/mol. The zero-order valence-electron chi connectivity index (χ0n) is 6.31. The van der Waals surface area contributed by atoms with E-state index >= 15 is 0 Å². The third-order valence-electron chi connectivity index (χ3n) is 1.79. The molecular formula is C8H9NOS. The predicted octanol–water partition coefficient (Wildman–Crippen LogP) is 2.05. The van der Waals surface area contributed by atoms with Gasteiger partial charge in [-0.3, -0.25) is 4.79 Å². The van der Waals surface area contributed by atoms with Crippen LogP contribution in [0.3, 0.4) is 0 Å². The maximum absolute atomic E-state index is 11.3. The summed E-state index contributed by atoms with van der Waals surface area (Å²) in [5, 5.41) is 4.27. The number of carbonyl (C=O) groups excluding carboxylic acids is 1. The van der Waals surface area contributed by atoms with Crippen LogP contribution in [0.2, 0.25) is 0 Å². The molecule has 0 bridgehead atoms. The molecule has 0 aromatic carbocycles. The van der Waals surface area contributed by atoms with E-state index in [0.29, 0.717) is 6.42 Å². The van der Waals surface area contributed by atoms with Gasteiger partial charge < -0.3 is 5.32 Å². The van der Waals surface area contributed by atoms with Crippen molar-refractivity contribution in [3.8, 4) is 0 Å². The summed E-state index contributed by atoms with van der Waals surface area (Å²) in [6.45, 7) is 2.82. The fourth-order valence-electron chi connectivity index (χ4n) is 1.28. The van der Waals surface area contributed by atoms with Gasteiger partial charge in [0.15, 0.2) is 5.78 Å². The molecule has 3 heteroatoms. The van der Waals surface area contributed by atoms with Crippen LogP contribution in [-0.2, 0) is 0 Å². The van der Waals surface area contributed by atoms with Gasteiger partial charge in [-0.25, -0.2) is 0 Å². The molecule has 0 unspecified atom stereocenters. The molecule has 0 aliphatic carbocycles. The number of anilines is 1. The summed E-state index contributed by atoms with van der Waals surface area (Å²) in [7, 11) is 0. The minimum atomic E-state index is 0.281. The van der Waals surface area contributed by atoms with Crippen LogP contribution in [-0.4, -0.2) is 12.3 Å². The van der Waals surface area contributed by atoms with Gasteiger partial charge in [-0.1, -0.05) is 0 Å². The summed E-state index contributed by atoms with van der Waals surface area (Å²) >= 11 is 1.66. The van der Waals surface area contributed by atoms with Crippen LogP contribution in [0, 0.1) is 6.92 Å². The van der Waals surface area contributed by atoms with Crippen LogP contribution in [0.5, 0.6) is 0 Å².